The molecule has 84 valence electrons. The lowest BCUT2D eigenvalue weighted by Gasteiger charge is -2.37. The molecule has 1 unspecified atom stereocenters. The molecule has 1 rings (SSSR count). The van der Waals surface area contributed by atoms with Gasteiger partial charge < -0.3 is 10.6 Å². The van der Waals surface area contributed by atoms with Gasteiger partial charge in [0.25, 0.3) is 0 Å². The van der Waals surface area contributed by atoms with Gasteiger partial charge in [-0.15, -0.1) is 6.42 Å². The zero-order valence-corrected chi connectivity index (χ0v) is 9.42. The second-order valence-corrected chi connectivity index (χ2v) is 3.89. The third-order valence-corrected chi connectivity index (χ3v) is 2.79. The smallest absolute Gasteiger partial charge is 0.237 e. The van der Waals surface area contributed by atoms with Gasteiger partial charge >= 0.3 is 0 Å². The molecular weight excluding hydrogens is 190 g/mol. The van der Waals surface area contributed by atoms with Crippen molar-refractivity contribution in [2.24, 2.45) is 0 Å². The maximum absolute atomic E-state index is 11.7. The van der Waals surface area contributed by atoms with E-state index in [0.29, 0.717) is 12.6 Å². The zero-order chi connectivity index (χ0) is 11.3. The van der Waals surface area contributed by atoms with E-state index in [1.165, 1.54) is 0 Å². The van der Waals surface area contributed by atoms with Crippen LogP contribution in [0.3, 0.4) is 0 Å². The van der Waals surface area contributed by atoms with Gasteiger partial charge in [0.15, 0.2) is 0 Å². The van der Waals surface area contributed by atoms with Gasteiger partial charge in [0, 0.05) is 25.7 Å². The maximum Gasteiger partial charge on any atom is 0.237 e. The molecule has 4 heteroatoms. The summed E-state index contributed by atoms with van der Waals surface area (Å²) < 4.78 is 0. The monoisotopic (exact) mass is 209 g/mol. The molecule has 15 heavy (non-hydrogen) atoms. The van der Waals surface area contributed by atoms with E-state index in [0.717, 1.165) is 19.6 Å². The van der Waals surface area contributed by atoms with Crippen molar-refractivity contribution in [3.63, 3.8) is 0 Å². The molecule has 0 saturated carbocycles. The average Bonchev–Trinajstić information content (AvgIpc) is 2.25. The Labute approximate surface area is 91.4 Å². The Hall–Kier alpha value is -1.05. The van der Waals surface area contributed by atoms with Crippen LogP contribution in [0.15, 0.2) is 0 Å². The molecule has 1 saturated heterocycles. The van der Waals surface area contributed by atoms with E-state index in [1.54, 1.807) is 0 Å². The molecule has 2 N–H and O–H groups in total. The lowest BCUT2D eigenvalue weighted by Crippen LogP contribution is -2.57. The van der Waals surface area contributed by atoms with Crippen molar-refractivity contribution in [2.75, 3.05) is 26.2 Å². The fourth-order valence-electron chi connectivity index (χ4n) is 1.87. The number of carbonyl (C=O) groups is 1. The third-order valence-electron chi connectivity index (χ3n) is 2.79. The number of terminal acetylenes is 1. The Kier molecular flexibility index (Phi) is 4.60. The normalized spacial score (nSPS) is 24.2. The summed E-state index contributed by atoms with van der Waals surface area (Å²) in [6.07, 6.45) is 5.09. The van der Waals surface area contributed by atoms with Gasteiger partial charge in [-0.1, -0.05) is 5.92 Å². The summed E-state index contributed by atoms with van der Waals surface area (Å²) in [5, 5.41) is 6.01. The predicted molar refractivity (Wildman–Crippen MR) is 60.3 cm³/mol. The van der Waals surface area contributed by atoms with Crippen LogP contribution < -0.4 is 10.6 Å². The fraction of sp³-hybridized carbons (Fsp3) is 0.727. The highest BCUT2D eigenvalue weighted by Crippen LogP contribution is 2.07. The second-order valence-electron chi connectivity index (χ2n) is 3.89. The number of nitrogens with zero attached hydrogens (tertiary/aromatic N) is 1. The van der Waals surface area contributed by atoms with Crippen molar-refractivity contribution in [3.05, 3.63) is 0 Å². The minimum absolute atomic E-state index is 0.0155. The molecule has 0 bridgehead atoms. The molecule has 1 amide bonds. The van der Waals surface area contributed by atoms with Crippen molar-refractivity contribution in [1.82, 2.24) is 15.5 Å². The van der Waals surface area contributed by atoms with E-state index in [-0.39, 0.29) is 11.9 Å². The van der Waals surface area contributed by atoms with Crippen molar-refractivity contribution < 1.29 is 4.79 Å². The van der Waals surface area contributed by atoms with E-state index in [1.807, 2.05) is 6.92 Å². The van der Waals surface area contributed by atoms with Gasteiger partial charge in [-0.25, -0.2) is 0 Å². The quantitative estimate of drug-likeness (QED) is 0.611. The number of amides is 1. The van der Waals surface area contributed by atoms with Crippen LogP contribution in [0.1, 0.15) is 13.8 Å². The molecule has 0 spiro atoms. The van der Waals surface area contributed by atoms with Crippen molar-refractivity contribution in [3.8, 4) is 12.3 Å². The first-order valence-corrected chi connectivity index (χ1v) is 5.34. The molecule has 1 heterocycles. The predicted octanol–water partition coefficient (Wildman–Crippen LogP) is -0.582. The van der Waals surface area contributed by atoms with E-state index < -0.39 is 0 Å². The van der Waals surface area contributed by atoms with Crippen LogP contribution in [-0.2, 0) is 4.79 Å². The van der Waals surface area contributed by atoms with Gasteiger partial charge in [-0.3, -0.25) is 9.69 Å². The van der Waals surface area contributed by atoms with Gasteiger partial charge in [-0.05, 0) is 13.8 Å². The maximum atomic E-state index is 11.7. The van der Waals surface area contributed by atoms with Crippen molar-refractivity contribution in [2.45, 2.75) is 25.9 Å². The Morgan fingerprint density at radius 2 is 2.53 bits per heavy atom. The van der Waals surface area contributed by atoms with Crippen LogP contribution in [0.2, 0.25) is 0 Å². The van der Waals surface area contributed by atoms with Crippen molar-refractivity contribution >= 4 is 5.91 Å². The highest BCUT2D eigenvalue weighted by Gasteiger charge is 2.26. The van der Waals surface area contributed by atoms with E-state index in [9.17, 15) is 4.79 Å². The highest BCUT2D eigenvalue weighted by molar-refractivity contribution is 5.81. The Morgan fingerprint density at radius 1 is 1.80 bits per heavy atom. The van der Waals surface area contributed by atoms with Crippen LogP contribution in [0.5, 0.6) is 0 Å². The number of hydrogen-bond acceptors (Lipinski definition) is 3. The van der Waals surface area contributed by atoms with Gasteiger partial charge in [0.05, 0.1) is 12.6 Å². The topological polar surface area (TPSA) is 44.4 Å². The molecule has 0 aromatic carbocycles. The third kappa shape index (κ3) is 3.22. The first-order valence-electron chi connectivity index (χ1n) is 5.34. The molecular formula is C11H19N3O. The molecule has 1 fully saturated rings. The van der Waals surface area contributed by atoms with Crippen LogP contribution in [0.4, 0.5) is 0 Å². The van der Waals surface area contributed by atoms with Crippen LogP contribution in [0, 0.1) is 12.3 Å². The standard InChI is InChI=1S/C11H19N3O/c1-4-5-13-11(15)10(3)14-7-6-12-8-9(14)2/h1,9-10,12H,5-8H2,2-3H3,(H,13,15)/t9-,10?/m1/s1. The Morgan fingerprint density at radius 3 is 3.13 bits per heavy atom. The summed E-state index contributed by atoms with van der Waals surface area (Å²) in [5.74, 6) is 2.42. The second kappa shape index (κ2) is 5.74. The largest absolute Gasteiger partial charge is 0.344 e. The van der Waals surface area contributed by atoms with Gasteiger partial charge in [0.2, 0.25) is 5.91 Å². The summed E-state index contributed by atoms with van der Waals surface area (Å²) in [5.41, 5.74) is 0. The number of nitrogens with one attached hydrogen (secondary N) is 2. The summed E-state index contributed by atoms with van der Waals surface area (Å²) in [6.45, 7) is 7.14. The summed E-state index contributed by atoms with van der Waals surface area (Å²) in [7, 11) is 0. The molecule has 2 atom stereocenters. The first kappa shape index (κ1) is 12.0. The number of carbonyl (C=O) groups excluding carboxylic acids is 1. The summed E-state index contributed by atoms with van der Waals surface area (Å²) in [4.78, 5) is 13.9. The van der Waals surface area contributed by atoms with E-state index in [4.69, 9.17) is 6.42 Å². The van der Waals surface area contributed by atoms with Crippen LogP contribution >= 0.6 is 0 Å². The van der Waals surface area contributed by atoms with Gasteiger partial charge in [-0.2, -0.15) is 0 Å². The lowest BCUT2D eigenvalue weighted by molar-refractivity contribution is -0.126. The molecule has 0 aliphatic carbocycles. The fourth-order valence-corrected chi connectivity index (χ4v) is 1.87. The minimum atomic E-state index is -0.101. The summed E-state index contributed by atoms with van der Waals surface area (Å²) in [6, 6.07) is 0.292. The Bertz CT molecular complexity index is 259. The molecule has 1 aliphatic heterocycles. The SMILES string of the molecule is C#CCNC(=O)C(C)N1CCNC[C@H]1C. The molecule has 0 radical (unpaired) electrons. The molecule has 4 nitrogen and oxygen atoms in total. The van der Waals surface area contributed by atoms with Crippen LogP contribution in [-0.4, -0.2) is 49.1 Å². The molecule has 0 aromatic rings. The number of hydrogen-bond donors (Lipinski definition) is 2. The van der Waals surface area contributed by atoms with E-state index >= 15 is 0 Å². The van der Waals surface area contributed by atoms with Crippen LogP contribution in [0.25, 0.3) is 0 Å². The summed E-state index contributed by atoms with van der Waals surface area (Å²) >= 11 is 0. The number of piperazine rings is 1. The molecule has 1 aliphatic rings. The number of rotatable bonds is 3. The molecule has 0 aromatic heterocycles. The highest BCUT2D eigenvalue weighted by atomic mass is 16.2. The lowest BCUT2D eigenvalue weighted by atomic mass is 10.1. The van der Waals surface area contributed by atoms with Gasteiger partial charge in [0.1, 0.15) is 0 Å². The first-order chi connectivity index (χ1) is 7.16. The zero-order valence-electron chi connectivity index (χ0n) is 9.42. The minimum Gasteiger partial charge on any atom is -0.344 e. The average molecular weight is 209 g/mol. The van der Waals surface area contributed by atoms with Crippen molar-refractivity contribution in [1.29, 1.82) is 0 Å². The van der Waals surface area contributed by atoms with E-state index in [2.05, 4.69) is 28.4 Å². The Balaban J connectivity index is 2.47.